The number of nitrogen functional groups attached to an aromatic ring is 2. The third kappa shape index (κ3) is 3.89. The summed E-state index contributed by atoms with van der Waals surface area (Å²) >= 11 is 0. The van der Waals surface area contributed by atoms with Gasteiger partial charge in [0.25, 0.3) is 0 Å². The van der Waals surface area contributed by atoms with E-state index in [1.54, 1.807) is 0 Å². The van der Waals surface area contributed by atoms with Gasteiger partial charge in [-0.3, -0.25) is 0 Å². The van der Waals surface area contributed by atoms with Gasteiger partial charge in [0.2, 0.25) is 0 Å². The lowest BCUT2D eigenvalue weighted by Gasteiger charge is -2.22. The topological polar surface area (TPSA) is 52.0 Å². The van der Waals surface area contributed by atoms with Gasteiger partial charge in [-0.2, -0.15) is 0 Å². The van der Waals surface area contributed by atoms with E-state index in [2.05, 4.69) is 40.7 Å². The highest BCUT2D eigenvalue weighted by molar-refractivity contribution is 5.70. The van der Waals surface area contributed by atoms with Crippen LogP contribution in [0.1, 0.15) is 69.6 Å². The van der Waals surface area contributed by atoms with Crippen molar-refractivity contribution in [1.82, 2.24) is 0 Å². The van der Waals surface area contributed by atoms with Gasteiger partial charge in [0.05, 0.1) is 0 Å². The summed E-state index contributed by atoms with van der Waals surface area (Å²) in [6.45, 7) is 11.0. The fourth-order valence-corrected chi connectivity index (χ4v) is 2.88. The maximum Gasteiger partial charge on any atom is 0.0402 e. The maximum atomic E-state index is 6.39. The number of hydrogen-bond acceptors (Lipinski definition) is 2. The molecule has 0 aliphatic rings. The zero-order valence-electron chi connectivity index (χ0n) is 13.2. The Labute approximate surface area is 118 Å². The summed E-state index contributed by atoms with van der Waals surface area (Å²) in [6.07, 6.45) is 4.57. The molecule has 1 aromatic rings. The predicted molar refractivity (Wildman–Crippen MR) is 86.5 cm³/mol. The Kier molecular flexibility index (Phi) is 5.71. The van der Waals surface area contributed by atoms with Crippen LogP contribution in [0.4, 0.5) is 11.4 Å². The molecule has 0 aliphatic heterocycles. The van der Waals surface area contributed by atoms with Crippen molar-refractivity contribution in [1.29, 1.82) is 0 Å². The molecule has 0 heterocycles. The van der Waals surface area contributed by atoms with Crippen molar-refractivity contribution >= 4 is 11.4 Å². The van der Waals surface area contributed by atoms with Crippen molar-refractivity contribution in [2.24, 2.45) is 5.92 Å². The summed E-state index contributed by atoms with van der Waals surface area (Å²) in [4.78, 5) is 0. The lowest BCUT2D eigenvalue weighted by atomic mass is 9.86. The van der Waals surface area contributed by atoms with E-state index in [0.717, 1.165) is 24.2 Å². The zero-order chi connectivity index (χ0) is 14.6. The average Bonchev–Trinajstić information content (AvgIpc) is 2.31. The normalized spacial score (nSPS) is 12.9. The Morgan fingerprint density at radius 2 is 1.74 bits per heavy atom. The third-order valence-electron chi connectivity index (χ3n) is 3.86. The van der Waals surface area contributed by atoms with Crippen molar-refractivity contribution in [3.63, 3.8) is 0 Å². The molecule has 0 saturated heterocycles. The largest absolute Gasteiger partial charge is 0.398 e. The second-order valence-corrected chi connectivity index (χ2v) is 6.23. The number of rotatable bonds is 6. The summed E-state index contributed by atoms with van der Waals surface area (Å²) in [7, 11) is 0. The van der Waals surface area contributed by atoms with E-state index in [0.29, 0.717) is 11.8 Å². The average molecular weight is 262 g/mol. The van der Waals surface area contributed by atoms with Crippen molar-refractivity contribution in [3.05, 3.63) is 22.8 Å². The quantitative estimate of drug-likeness (QED) is 0.733. The molecule has 1 rings (SSSR count). The van der Waals surface area contributed by atoms with E-state index >= 15 is 0 Å². The number of hydrogen-bond donors (Lipinski definition) is 2. The van der Waals surface area contributed by atoms with Crippen LogP contribution in [0.3, 0.4) is 0 Å². The first-order valence-corrected chi connectivity index (χ1v) is 7.55. The van der Waals surface area contributed by atoms with Crippen molar-refractivity contribution in [2.75, 3.05) is 11.5 Å². The summed E-state index contributed by atoms with van der Waals surface area (Å²) in [5.41, 5.74) is 18.1. The van der Waals surface area contributed by atoms with Crippen LogP contribution < -0.4 is 11.5 Å². The zero-order valence-corrected chi connectivity index (χ0v) is 13.2. The molecule has 0 saturated carbocycles. The summed E-state index contributed by atoms with van der Waals surface area (Å²) in [5.74, 6) is 1.09. The van der Waals surface area contributed by atoms with Gasteiger partial charge in [0.1, 0.15) is 0 Å². The minimum atomic E-state index is 0.431. The van der Waals surface area contributed by atoms with Gasteiger partial charge < -0.3 is 11.5 Å². The summed E-state index contributed by atoms with van der Waals surface area (Å²) < 4.78 is 0. The molecule has 1 aromatic carbocycles. The standard InChI is InChI=1S/C17H30N2/c1-6-7-8-14-10-13(5)16(18)15(17(14)19)12(4)9-11(2)3/h10-12H,6-9,18-19H2,1-5H3. The van der Waals surface area contributed by atoms with E-state index in [1.165, 1.54) is 29.5 Å². The Hall–Kier alpha value is -1.18. The molecule has 1 unspecified atom stereocenters. The molecule has 108 valence electrons. The second-order valence-electron chi connectivity index (χ2n) is 6.23. The second kappa shape index (κ2) is 6.83. The SMILES string of the molecule is CCCCc1cc(C)c(N)c(C(C)CC(C)C)c1N. The van der Waals surface area contributed by atoms with Gasteiger partial charge in [-0.1, -0.05) is 40.2 Å². The Balaban J connectivity index is 3.17. The van der Waals surface area contributed by atoms with Crippen LogP contribution >= 0.6 is 0 Å². The fraction of sp³-hybridized carbons (Fsp3) is 0.647. The Morgan fingerprint density at radius 1 is 1.11 bits per heavy atom. The van der Waals surface area contributed by atoms with Gasteiger partial charge in [0, 0.05) is 16.9 Å². The smallest absolute Gasteiger partial charge is 0.0402 e. The van der Waals surface area contributed by atoms with Crippen molar-refractivity contribution < 1.29 is 0 Å². The number of aryl methyl sites for hydroxylation is 2. The molecule has 19 heavy (non-hydrogen) atoms. The molecule has 1 atom stereocenters. The lowest BCUT2D eigenvalue weighted by molar-refractivity contribution is 0.525. The van der Waals surface area contributed by atoms with Gasteiger partial charge in [-0.15, -0.1) is 0 Å². The molecule has 4 N–H and O–H groups in total. The Bertz CT molecular complexity index is 422. The fourth-order valence-electron chi connectivity index (χ4n) is 2.88. The lowest BCUT2D eigenvalue weighted by Crippen LogP contribution is -2.10. The van der Waals surface area contributed by atoms with Crippen LogP contribution in [0.15, 0.2) is 6.07 Å². The molecule has 0 spiro atoms. The van der Waals surface area contributed by atoms with Crippen LogP contribution in [0.5, 0.6) is 0 Å². The molecule has 0 fully saturated rings. The highest BCUT2D eigenvalue weighted by atomic mass is 14.6. The minimum absolute atomic E-state index is 0.431. The summed E-state index contributed by atoms with van der Waals surface area (Å²) in [5, 5.41) is 0. The molecule has 0 bridgehead atoms. The molecule has 0 amide bonds. The van der Waals surface area contributed by atoms with Crippen LogP contribution in [0.25, 0.3) is 0 Å². The first-order chi connectivity index (χ1) is 8.88. The van der Waals surface area contributed by atoms with E-state index in [9.17, 15) is 0 Å². The highest BCUT2D eigenvalue weighted by Crippen LogP contribution is 2.37. The summed E-state index contributed by atoms with van der Waals surface area (Å²) in [6, 6.07) is 2.17. The van der Waals surface area contributed by atoms with Crippen LogP contribution in [0, 0.1) is 12.8 Å². The first-order valence-electron chi connectivity index (χ1n) is 7.55. The molecule has 0 aliphatic carbocycles. The highest BCUT2D eigenvalue weighted by Gasteiger charge is 2.18. The van der Waals surface area contributed by atoms with E-state index in [4.69, 9.17) is 11.5 Å². The van der Waals surface area contributed by atoms with Crippen molar-refractivity contribution in [3.8, 4) is 0 Å². The van der Waals surface area contributed by atoms with Gasteiger partial charge in [-0.05, 0) is 49.1 Å². The van der Waals surface area contributed by atoms with E-state index in [-0.39, 0.29) is 0 Å². The Morgan fingerprint density at radius 3 is 2.26 bits per heavy atom. The number of nitrogens with two attached hydrogens (primary N) is 2. The predicted octanol–water partition coefficient (Wildman–Crippen LogP) is 4.65. The van der Waals surface area contributed by atoms with Crippen LogP contribution in [-0.4, -0.2) is 0 Å². The molecular formula is C17H30N2. The first kappa shape index (κ1) is 15.9. The van der Waals surface area contributed by atoms with Gasteiger partial charge >= 0.3 is 0 Å². The molecule has 0 aromatic heterocycles. The molecule has 2 nitrogen and oxygen atoms in total. The van der Waals surface area contributed by atoms with Crippen LogP contribution in [-0.2, 0) is 6.42 Å². The minimum Gasteiger partial charge on any atom is -0.398 e. The molecular weight excluding hydrogens is 232 g/mol. The van der Waals surface area contributed by atoms with E-state index in [1.807, 2.05) is 0 Å². The van der Waals surface area contributed by atoms with E-state index < -0.39 is 0 Å². The number of benzene rings is 1. The van der Waals surface area contributed by atoms with Gasteiger partial charge in [-0.25, -0.2) is 0 Å². The maximum absolute atomic E-state index is 6.39. The van der Waals surface area contributed by atoms with Crippen LogP contribution in [0.2, 0.25) is 0 Å². The molecule has 2 heteroatoms. The third-order valence-corrected chi connectivity index (χ3v) is 3.86. The number of unbranched alkanes of at least 4 members (excludes halogenated alkanes) is 1. The van der Waals surface area contributed by atoms with Crippen molar-refractivity contribution in [2.45, 2.75) is 66.2 Å². The molecule has 0 radical (unpaired) electrons. The van der Waals surface area contributed by atoms with Gasteiger partial charge in [0.15, 0.2) is 0 Å². The number of anilines is 2. The monoisotopic (exact) mass is 262 g/mol.